The Balaban J connectivity index is 2.90. The number of allylic oxidation sites excluding steroid dienone is 1. The summed E-state index contributed by atoms with van der Waals surface area (Å²) in [5.41, 5.74) is 1.80. The van der Waals surface area contributed by atoms with Crippen LogP contribution in [0.15, 0.2) is 36.0 Å². The number of hydrogen-bond donors (Lipinski definition) is 0. The molecule has 0 aliphatic rings. The van der Waals surface area contributed by atoms with Gasteiger partial charge in [-0.2, -0.15) is 0 Å². The van der Waals surface area contributed by atoms with Gasteiger partial charge < -0.3 is 0 Å². The van der Waals surface area contributed by atoms with E-state index in [9.17, 15) is 0 Å². The lowest BCUT2D eigenvalue weighted by Crippen LogP contribution is -1.69. The van der Waals surface area contributed by atoms with Crippen LogP contribution in [-0.2, 0) is 0 Å². The van der Waals surface area contributed by atoms with Gasteiger partial charge in [-0.1, -0.05) is 36.4 Å². The minimum atomic E-state index is 0.719. The number of benzene rings is 1. The molecule has 1 aromatic carbocycles. The minimum Gasteiger partial charge on any atom is -0.243 e. The van der Waals surface area contributed by atoms with Crippen LogP contribution < -0.4 is 0 Å². The normalized spacial score (nSPS) is 10.7. The fraction of sp³-hybridized carbons (Fsp3) is 0.100. The molecule has 0 fully saturated rings. The highest BCUT2D eigenvalue weighted by Gasteiger charge is 1.86. The van der Waals surface area contributed by atoms with Crippen molar-refractivity contribution in [2.75, 3.05) is 0 Å². The van der Waals surface area contributed by atoms with E-state index in [-0.39, 0.29) is 0 Å². The number of nitrogens with zero attached hydrogens (tertiary/aromatic N) is 1. The van der Waals surface area contributed by atoms with Crippen LogP contribution in [0, 0.1) is 6.57 Å². The molecule has 54 valence electrons. The molecule has 0 spiro atoms. The molecule has 0 aromatic heterocycles. The first-order valence-electron chi connectivity index (χ1n) is 3.44. The molecule has 0 N–H and O–H groups in total. The van der Waals surface area contributed by atoms with Crippen LogP contribution >= 0.6 is 0 Å². The highest BCUT2D eigenvalue weighted by molar-refractivity contribution is 5.53. The van der Waals surface area contributed by atoms with Crippen molar-refractivity contribution >= 4 is 6.08 Å². The molecule has 1 rings (SSSR count). The van der Waals surface area contributed by atoms with Gasteiger partial charge in [-0.25, -0.2) is 4.85 Å². The van der Waals surface area contributed by atoms with E-state index in [1.165, 1.54) is 0 Å². The largest absolute Gasteiger partial charge is 0.243 e. The van der Waals surface area contributed by atoms with E-state index in [2.05, 4.69) is 4.85 Å². The molecule has 0 aliphatic carbocycles. The molecule has 0 saturated heterocycles. The van der Waals surface area contributed by atoms with Crippen LogP contribution in [0.1, 0.15) is 12.5 Å². The van der Waals surface area contributed by atoms with Gasteiger partial charge in [-0.3, -0.25) is 0 Å². The van der Waals surface area contributed by atoms with Gasteiger partial charge in [-0.05, 0) is 12.5 Å². The zero-order valence-electron chi connectivity index (χ0n) is 6.41. The van der Waals surface area contributed by atoms with E-state index < -0.39 is 0 Å². The molecule has 0 atom stereocenters. The second-order valence-electron chi connectivity index (χ2n) is 2.31. The van der Waals surface area contributed by atoms with Crippen LogP contribution in [0.3, 0.4) is 0 Å². The highest BCUT2D eigenvalue weighted by Crippen LogP contribution is 2.05. The van der Waals surface area contributed by atoms with E-state index in [0.29, 0.717) is 0 Å². The van der Waals surface area contributed by atoms with Gasteiger partial charge in [0.15, 0.2) is 5.70 Å². The fourth-order valence-electron chi connectivity index (χ4n) is 0.823. The highest BCUT2D eigenvalue weighted by atomic mass is 14.6. The molecule has 0 unspecified atom stereocenters. The van der Waals surface area contributed by atoms with E-state index in [0.717, 1.165) is 11.3 Å². The first-order chi connectivity index (χ1) is 5.33. The average molecular weight is 143 g/mol. The monoisotopic (exact) mass is 143 g/mol. The summed E-state index contributed by atoms with van der Waals surface area (Å²) in [6.07, 6.45) is 1.87. The molecule has 0 heterocycles. The summed E-state index contributed by atoms with van der Waals surface area (Å²) in [6.45, 7) is 8.52. The Morgan fingerprint density at radius 1 is 1.36 bits per heavy atom. The summed E-state index contributed by atoms with van der Waals surface area (Å²) < 4.78 is 0. The Morgan fingerprint density at radius 2 is 2.00 bits per heavy atom. The number of hydrogen-bond acceptors (Lipinski definition) is 0. The summed E-state index contributed by atoms with van der Waals surface area (Å²) in [5, 5.41) is 0. The smallest absolute Gasteiger partial charge is 0.163 e. The predicted octanol–water partition coefficient (Wildman–Crippen LogP) is 2.97. The Kier molecular flexibility index (Phi) is 2.46. The maximum atomic E-state index is 6.71. The zero-order chi connectivity index (χ0) is 8.10. The molecular weight excluding hydrogens is 134 g/mol. The van der Waals surface area contributed by atoms with Crippen LogP contribution in [-0.4, -0.2) is 0 Å². The molecular formula is C10H9N. The van der Waals surface area contributed by atoms with Gasteiger partial charge in [0, 0.05) is 0 Å². The fourth-order valence-corrected chi connectivity index (χ4v) is 0.823. The lowest BCUT2D eigenvalue weighted by Gasteiger charge is -1.90. The van der Waals surface area contributed by atoms with E-state index in [1.54, 1.807) is 6.92 Å². The summed E-state index contributed by atoms with van der Waals surface area (Å²) in [7, 11) is 0. The standard InChI is InChI=1S/C10H9N/c1-9(11-2)8-10-6-4-3-5-7-10/h3-8H,1H3/b9-8+. The van der Waals surface area contributed by atoms with Gasteiger partial charge in [0.05, 0.1) is 6.57 Å². The second-order valence-corrected chi connectivity index (χ2v) is 2.31. The Morgan fingerprint density at radius 3 is 2.55 bits per heavy atom. The lowest BCUT2D eigenvalue weighted by molar-refractivity contribution is 1.54. The molecule has 1 heteroatoms. The predicted molar refractivity (Wildman–Crippen MR) is 46.7 cm³/mol. The molecule has 1 nitrogen and oxygen atoms in total. The SMILES string of the molecule is [C-]#[N+]/C(C)=C/c1ccccc1. The van der Waals surface area contributed by atoms with Crippen molar-refractivity contribution in [3.63, 3.8) is 0 Å². The van der Waals surface area contributed by atoms with Crippen molar-refractivity contribution in [2.24, 2.45) is 0 Å². The molecule has 11 heavy (non-hydrogen) atoms. The summed E-state index contributed by atoms with van der Waals surface area (Å²) in [5.74, 6) is 0. The molecule has 0 amide bonds. The quantitative estimate of drug-likeness (QED) is 0.532. The topological polar surface area (TPSA) is 4.36 Å². The van der Waals surface area contributed by atoms with Crippen molar-refractivity contribution in [1.29, 1.82) is 0 Å². The second kappa shape index (κ2) is 3.58. The van der Waals surface area contributed by atoms with Gasteiger partial charge in [0.1, 0.15) is 0 Å². The first kappa shape index (κ1) is 7.56. The molecule has 1 aromatic rings. The van der Waals surface area contributed by atoms with Crippen molar-refractivity contribution in [2.45, 2.75) is 6.92 Å². The first-order valence-corrected chi connectivity index (χ1v) is 3.44. The van der Waals surface area contributed by atoms with E-state index >= 15 is 0 Å². The van der Waals surface area contributed by atoms with Gasteiger partial charge in [0.25, 0.3) is 0 Å². The Labute approximate surface area is 66.8 Å². The third-order valence-electron chi connectivity index (χ3n) is 1.35. The molecule has 0 bridgehead atoms. The van der Waals surface area contributed by atoms with Crippen molar-refractivity contribution in [1.82, 2.24) is 0 Å². The number of rotatable bonds is 1. The lowest BCUT2D eigenvalue weighted by atomic mass is 10.2. The van der Waals surface area contributed by atoms with Crippen molar-refractivity contribution < 1.29 is 0 Å². The third-order valence-corrected chi connectivity index (χ3v) is 1.35. The van der Waals surface area contributed by atoms with Gasteiger partial charge in [0.2, 0.25) is 0 Å². The van der Waals surface area contributed by atoms with Crippen molar-refractivity contribution in [3.05, 3.63) is 53.0 Å². The van der Waals surface area contributed by atoms with Crippen LogP contribution in [0.5, 0.6) is 0 Å². The van der Waals surface area contributed by atoms with E-state index in [1.807, 2.05) is 36.4 Å². The van der Waals surface area contributed by atoms with Crippen LogP contribution in [0.25, 0.3) is 10.9 Å². The Bertz CT molecular complexity index is 290. The minimum absolute atomic E-state index is 0.719. The van der Waals surface area contributed by atoms with Crippen LogP contribution in [0.2, 0.25) is 0 Å². The summed E-state index contributed by atoms with van der Waals surface area (Å²) in [4.78, 5) is 3.29. The Hall–Kier alpha value is -1.55. The molecule has 0 aliphatic heterocycles. The maximum Gasteiger partial charge on any atom is 0.163 e. The molecule has 0 radical (unpaired) electrons. The summed E-state index contributed by atoms with van der Waals surface area (Å²) >= 11 is 0. The van der Waals surface area contributed by atoms with Gasteiger partial charge >= 0.3 is 0 Å². The van der Waals surface area contributed by atoms with Gasteiger partial charge in [-0.15, -0.1) is 0 Å². The maximum absolute atomic E-state index is 6.71. The summed E-state index contributed by atoms with van der Waals surface area (Å²) in [6, 6.07) is 9.85. The van der Waals surface area contributed by atoms with E-state index in [4.69, 9.17) is 6.57 Å². The third kappa shape index (κ3) is 2.27. The van der Waals surface area contributed by atoms with Crippen LogP contribution in [0.4, 0.5) is 0 Å². The zero-order valence-corrected chi connectivity index (χ0v) is 6.41. The van der Waals surface area contributed by atoms with Crippen molar-refractivity contribution in [3.8, 4) is 0 Å². The molecule has 0 saturated carbocycles. The average Bonchev–Trinajstić information content (AvgIpc) is 2.06.